The van der Waals surface area contributed by atoms with Crippen LogP contribution in [0.2, 0.25) is 5.02 Å². The standard InChI is InChI=1S/C18H14BrClN2O2S/c19-15-3-1-2-4-16(15)21-18(23)11-25-10-14-9-17(22-24-14)12-5-7-13(20)8-6-12/h1-9H,10-11H2,(H,21,23). The predicted molar refractivity (Wildman–Crippen MR) is 106 cm³/mol. The second-order valence-electron chi connectivity index (χ2n) is 5.21. The van der Waals surface area contributed by atoms with E-state index in [4.69, 9.17) is 16.1 Å². The molecule has 7 heteroatoms. The van der Waals surface area contributed by atoms with E-state index < -0.39 is 0 Å². The van der Waals surface area contributed by atoms with Crippen LogP contribution in [0.25, 0.3) is 11.3 Å². The topological polar surface area (TPSA) is 55.1 Å². The summed E-state index contributed by atoms with van der Waals surface area (Å²) in [7, 11) is 0. The van der Waals surface area contributed by atoms with Crippen LogP contribution in [0.4, 0.5) is 5.69 Å². The number of carbonyl (C=O) groups excluding carboxylic acids is 1. The average molecular weight is 438 g/mol. The van der Waals surface area contributed by atoms with Gasteiger partial charge in [0.25, 0.3) is 0 Å². The molecule has 0 unspecified atom stereocenters. The first kappa shape index (κ1) is 18.0. The Morgan fingerprint density at radius 1 is 1.20 bits per heavy atom. The van der Waals surface area contributed by atoms with Crippen molar-refractivity contribution >= 4 is 50.9 Å². The number of rotatable bonds is 6. The van der Waals surface area contributed by atoms with Gasteiger partial charge in [0.1, 0.15) is 11.5 Å². The van der Waals surface area contributed by atoms with Gasteiger partial charge in [0, 0.05) is 21.1 Å². The van der Waals surface area contributed by atoms with Crippen LogP contribution in [0.3, 0.4) is 0 Å². The molecule has 0 aliphatic rings. The lowest BCUT2D eigenvalue weighted by Crippen LogP contribution is -2.14. The Morgan fingerprint density at radius 3 is 2.72 bits per heavy atom. The van der Waals surface area contributed by atoms with Gasteiger partial charge >= 0.3 is 0 Å². The predicted octanol–water partition coefficient (Wildman–Crippen LogP) is 5.63. The quantitative estimate of drug-likeness (QED) is 0.543. The highest BCUT2D eigenvalue weighted by atomic mass is 79.9. The Kier molecular flexibility index (Phi) is 6.18. The number of thioether (sulfide) groups is 1. The molecule has 128 valence electrons. The van der Waals surface area contributed by atoms with Gasteiger partial charge in [-0.2, -0.15) is 0 Å². The molecule has 4 nitrogen and oxygen atoms in total. The van der Waals surface area contributed by atoms with Gasteiger partial charge in [-0.3, -0.25) is 4.79 Å². The molecule has 0 bridgehead atoms. The third-order valence-electron chi connectivity index (χ3n) is 3.32. The molecule has 3 rings (SSSR count). The van der Waals surface area contributed by atoms with E-state index in [1.807, 2.05) is 54.6 Å². The van der Waals surface area contributed by atoms with E-state index in [1.54, 1.807) is 0 Å². The van der Waals surface area contributed by atoms with E-state index in [-0.39, 0.29) is 5.91 Å². The second kappa shape index (κ2) is 8.56. The van der Waals surface area contributed by atoms with Crippen LogP contribution in [0.15, 0.2) is 63.6 Å². The number of para-hydroxylation sites is 1. The van der Waals surface area contributed by atoms with Gasteiger partial charge in [0.2, 0.25) is 5.91 Å². The molecule has 2 aromatic carbocycles. The van der Waals surface area contributed by atoms with Gasteiger partial charge in [-0.05, 0) is 40.2 Å². The first-order chi connectivity index (χ1) is 12.1. The first-order valence-electron chi connectivity index (χ1n) is 7.45. The Hall–Kier alpha value is -1.76. The lowest BCUT2D eigenvalue weighted by molar-refractivity contribution is -0.113. The fourth-order valence-corrected chi connectivity index (χ4v) is 3.34. The molecular weight excluding hydrogens is 424 g/mol. The lowest BCUT2D eigenvalue weighted by Gasteiger charge is -2.06. The van der Waals surface area contributed by atoms with Crippen molar-refractivity contribution in [3.05, 3.63) is 69.9 Å². The SMILES string of the molecule is O=C(CSCc1cc(-c2ccc(Cl)cc2)no1)Nc1ccccc1Br. The summed E-state index contributed by atoms with van der Waals surface area (Å²) in [6, 6.07) is 16.8. The van der Waals surface area contributed by atoms with Crippen molar-refractivity contribution in [2.45, 2.75) is 5.75 Å². The zero-order valence-corrected chi connectivity index (χ0v) is 16.2. The van der Waals surface area contributed by atoms with E-state index in [1.165, 1.54) is 11.8 Å². The zero-order valence-electron chi connectivity index (χ0n) is 13.0. The normalized spacial score (nSPS) is 10.6. The third kappa shape index (κ3) is 5.11. The summed E-state index contributed by atoms with van der Waals surface area (Å²) < 4.78 is 6.18. The second-order valence-corrected chi connectivity index (χ2v) is 7.48. The number of halogens is 2. The minimum absolute atomic E-state index is 0.0608. The van der Waals surface area contributed by atoms with Crippen molar-refractivity contribution in [2.75, 3.05) is 11.1 Å². The van der Waals surface area contributed by atoms with Crippen LogP contribution >= 0.6 is 39.3 Å². The smallest absolute Gasteiger partial charge is 0.234 e. The maximum Gasteiger partial charge on any atom is 0.234 e. The maximum atomic E-state index is 12.0. The van der Waals surface area contributed by atoms with E-state index >= 15 is 0 Å². The van der Waals surface area contributed by atoms with Crippen LogP contribution < -0.4 is 5.32 Å². The van der Waals surface area contributed by atoms with E-state index in [0.717, 1.165) is 27.2 Å². The Bertz CT molecular complexity index is 868. The van der Waals surface area contributed by atoms with Crippen molar-refractivity contribution in [1.29, 1.82) is 0 Å². The van der Waals surface area contributed by atoms with Crippen LogP contribution in [0.1, 0.15) is 5.76 Å². The zero-order chi connectivity index (χ0) is 17.6. The summed E-state index contributed by atoms with van der Waals surface area (Å²) in [5, 5.41) is 7.60. The van der Waals surface area contributed by atoms with Crippen molar-refractivity contribution in [2.24, 2.45) is 0 Å². The van der Waals surface area contributed by atoms with Gasteiger partial charge in [-0.25, -0.2) is 0 Å². The minimum Gasteiger partial charge on any atom is -0.360 e. The van der Waals surface area contributed by atoms with Gasteiger partial charge in [-0.1, -0.05) is 41.0 Å². The van der Waals surface area contributed by atoms with Crippen LogP contribution in [-0.2, 0) is 10.5 Å². The van der Waals surface area contributed by atoms with Crippen molar-refractivity contribution in [3.63, 3.8) is 0 Å². The molecule has 0 saturated heterocycles. The Labute approximate surface area is 163 Å². The summed E-state index contributed by atoms with van der Waals surface area (Å²) in [4.78, 5) is 12.0. The summed E-state index contributed by atoms with van der Waals surface area (Å²) in [5.41, 5.74) is 2.46. The molecule has 0 fully saturated rings. The molecule has 1 amide bonds. The summed E-state index contributed by atoms with van der Waals surface area (Å²) in [6.45, 7) is 0. The van der Waals surface area contributed by atoms with Crippen molar-refractivity contribution in [3.8, 4) is 11.3 Å². The number of benzene rings is 2. The number of anilines is 1. The molecule has 1 aromatic heterocycles. The minimum atomic E-state index is -0.0608. The molecule has 0 saturated carbocycles. The number of hydrogen-bond acceptors (Lipinski definition) is 4. The summed E-state index contributed by atoms with van der Waals surface area (Å²) >= 11 is 10.8. The molecule has 1 N–H and O–H groups in total. The number of amides is 1. The molecule has 25 heavy (non-hydrogen) atoms. The number of nitrogens with one attached hydrogen (secondary N) is 1. The monoisotopic (exact) mass is 436 g/mol. The van der Waals surface area contributed by atoms with E-state index in [2.05, 4.69) is 26.4 Å². The fourth-order valence-electron chi connectivity index (χ4n) is 2.13. The van der Waals surface area contributed by atoms with E-state index in [9.17, 15) is 4.79 Å². The number of hydrogen-bond donors (Lipinski definition) is 1. The molecule has 0 spiro atoms. The molecule has 0 radical (unpaired) electrons. The molecular formula is C18H14BrClN2O2S. The highest BCUT2D eigenvalue weighted by molar-refractivity contribution is 9.10. The molecule has 0 aliphatic carbocycles. The number of carbonyl (C=O) groups is 1. The summed E-state index contributed by atoms with van der Waals surface area (Å²) in [5.74, 6) is 1.57. The van der Waals surface area contributed by atoms with Crippen LogP contribution in [-0.4, -0.2) is 16.8 Å². The van der Waals surface area contributed by atoms with Crippen molar-refractivity contribution < 1.29 is 9.32 Å². The van der Waals surface area contributed by atoms with Crippen LogP contribution in [0.5, 0.6) is 0 Å². The maximum absolute atomic E-state index is 12.0. The Balaban J connectivity index is 1.50. The largest absolute Gasteiger partial charge is 0.360 e. The van der Waals surface area contributed by atoms with Gasteiger partial charge in [0.05, 0.1) is 17.2 Å². The first-order valence-corrected chi connectivity index (χ1v) is 9.78. The number of aromatic nitrogens is 1. The highest BCUT2D eigenvalue weighted by Gasteiger charge is 2.09. The Morgan fingerprint density at radius 2 is 1.96 bits per heavy atom. The average Bonchev–Trinajstić information content (AvgIpc) is 3.06. The molecule has 0 atom stereocenters. The van der Waals surface area contributed by atoms with Crippen molar-refractivity contribution in [1.82, 2.24) is 5.16 Å². The molecule has 0 aliphatic heterocycles. The van der Waals surface area contributed by atoms with Gasteiger partial charge in [-0.15, -0.1) is 11.8 Å². The van der Waals surface area contributed by atoms with Crippen LogP contribution in [0, 0.1) is 0 Å². The van der Waals surface area contributed by atoms with Gasteiger partial charge < -0.3 is 9.84 Å². The molecule has 3 aromatic rings. The fraction of sp³-hybridized carbons (Fsp3) is 0.111. The van der Waals surface area contributed by atoms with Gasteiger partial charge in [0.15, 0.2) is 0 Å². The third-order valence-corrected chi connectivity index (χ3v) is 5.22. The molecule has 1 heterocycles. The summed E-state index contributed by atoms with van der Waals surface area (Å²) in [6.07, 6.45) is 0. The number of nitrogens with zero attached hydrogens (tertiary/aromatic N) is 1. The van der Waals surface area contributed by atoms with E-state index in [0.29, 0.717) is 16.5 Å². The lowest BCUT2D eigenvalue weighted by atomic mass is 10.1. The highest BCUT2D eigenvalue weighted by Crippen LogP contribution is 2.24.